The second-order valence-electron chi connectivity index (χ2n) is 5.53. The van der Waals surface area contributed by atoms with Crippen LogP contribution >= 0.6 is 22.9 Å². The third kappa shape index (κ3) is 1.50. The molecule has 0 atom stereocenters. The number of hydrogen-bond donors (Lipinski definition) is 0. The van der Waals surface area contributed by atoms with Crippen molar-refractivity contribution in [2.24, 2.45) is 0 Å². The highest BCUT2D eigenvalue weighted by molar-refractivity contribution is 7.18. The van der Waals surface area contributed by atoms with Crippen LogP contribution in [0, 0.1) is 0 Å². The van der Waals surface area contributed by atoms with E-state index in [0.717, 1.165) is 45.8 Å². The van der Waals surface area contributed by atoms with Crippen molar-refractivity contribution < 1.29 is 0 Å². The van der Waals surface area contributed by atoms with Gasteiger partial charge in [-0.15, -0.1) is 11.3 Å². The summed E-state index contributed by atoms with van der Waals surface area (Å²) in [5.74, 6) is 0. The lowest BCUT2D eigenvalue weighted by atomic mass is 10.2. The number of fused-ring (bicyclic) bond motifs is 6. The summed E-state index contributed by atoms with van der Waals surface area (Å²) in [6.07, 6.45) is 3.12. The fraction of sp³-hybridized carbons (Fsp3) is 0.188. The van der Waals surface area contributed by atoms with E-state index in [-0.39, 0.29) is 5.56 Å². The predicted octanol–water partition coefficient (Wildman–Crippen LogP) is 3.60. The van der Waals surface area contributed by atoms with E-state index < -0.39 is 0 Å². The van der Waals surface area contributed by atoms with Crippen molar-refractivity contribution in [3.05, 3.63) is 50.2 Å². The summed E-state index contributed by atoms with van der Waals surface area (Å²) in [6.45, 7) is 0. The molecule has 6 heteroatoms. The Hall–Kier alpha value is -1.98. The van der Waals surface area contributed by atoms with Gasteiger partial charge in [0.25, 0.3) is 5.56 Å². The molecule has 1 aliphatic rings. The van der Waals surface area contributed by atoms with Gasteiger partial charge in [-0.05, 0) is 24.8 Å². The van der Waals surface area contributed by atoms with Gasteiger partial charge in [-0.25, -0.2) is 4.98 Å². The van der Waals surface area contributed by atoms with Crippen molar-refractivity contribution in [3.8, 4) is 0 Å². The zero-order valence-corrected chi connectivity index (χ0v) is 13.0. The highest BCUT2D eigenvalue weighted by atomic mass is 35.5. The average molecular weight is 328 g/mol. The number of halogens is 1. The Balaban J connectivity index is 2.07. The van der Waals surface area contributed by atoms with Gasteiger partial charge in [0.1, 0.15) is 4.83 Å². The minimum absolute atomic E-state index is 0.105. The Morgan fingerprint density at radius 1 is 1.18 bits per heavy atom. The average Bonchev–Trinajstić information content (AvgIpc) is 3.09. The molecule has 0 aliphatic heterocycles. The topological polar surface area (TPSA) is 47.3 Å². The van der Waals surface area contributed by atoms with Gasteiger partial charge < -0.3 is 0 Å². The van der Waals surface area contributed by atoms with Gasteiger partial charge in [-0.1, -0.05) is 35.9 Å². The highest BCUT2D eigenvalue weighted by Crippen LogP contribution is 2.35. The maximum atomic E-state index is 12.9. The summed E-state index contributed by atoms with van der Waals surface area (Å²) in [6, 6.07) is 7.65. The van der Waals surface area contributed by atoms with E-state index in [4.69, 9.17) is 16.6 Å². The maximum Gasteiger partial charge on any atom is 0.283 e. The molecule has 0 N–H and O–H groups in total. The molecular formula is C16H10ClN3OS. The van der Waals surface area contributed by atoms with E-state index in [2.05, 4.69) is 5.10 Å². The number of thiophene rings is 1. The van der Waals surface area contributed by atoms with Crippen molar-refractivity contribution in [3.63, 3.8) is 0 Å². The van der Waals surface area contributed by atoms with Crippen molar-refractivity contribution in [1.82, 2.24) is 14.6 Å². The van der Waals surface area contributed by atoms with Crippen LogP contribution in [-0.2, 0) is 12.8 Å². The van der Waals surface area contributed by atoms with Crippen LogP contribution in [0.25, 0.3) is 26.6 Å². The monoisotopic (exact) mass is 327 g/mol. The number of rotatable bonds is 0. The minimum Gasteiger partial charge on any atom is -0.267 e. The van der Waals surface area contributed by atoms with Gasteiger partial charge in [0.15, 0.2) is 10.8 Å². The number of nitrogens with zero attached hydrogens (tertiary/aromatic N) is 3. The minimum atomic E-state index is -0.105. The molecule has 0 radical (unpaired) electrons. The molecule has 0 saturated carbocycles. The summed E-state index contributed by atoms with van der Waals surface area (Å²) in [7, 11) is 0. The van der Waals surface area contributed by atoms with Crippen LogP contribution in [0.3, 0.4) is 0 Å². The zero-order chi connectivity index (χ0) is 14.8. The molecule has 0 fully saturated rings. The molecule has 1 aliphatic carbocycles. The summed E-state index contributed by atoms with van der Waals surface area (Å²) in [4.78, 5) is 19.8. The first-order chi connectivity index (χ1) is 10.7. The first kappa shape index (κ1) is 12.6. The van der Waals surface area contributed by atoms with Crippen LogP contribution in [0.4, 0.5) is 0 Å². The summed E-state index contributed by atoms with van der Waals surface area (Å²) in [5.41, 5.74) is 1.64. The summed E-state index contributed by atoms with van der Waals surface area (Å²) >= 11 is 7.90. The van der Waals surface area contributed by atoms with Crippen LogP contribution < -0.4 is 5.56 Å². The van der Waals surface area contributed by atoms with Gasteiger partial charge in [-0.3, -0.25) is 4.79 Å². The SMILES string of the molecule is O=c1c2c3c(sc2nc2c4ccccc4c(Cl)nn12)CCC3. The van der Waals surface area contributed by atoms with E-state index in [1.54, 1.807) is 11.3 Å². The van der Waals surface area contributed by atoms with Crippen LogP contribution in [0.2, 0.25) is 5.15 Å². The van der Waals surface area contributed by atoms with Gasteiger partial charge in [-0.2, -0.15) is 9.61 Å². The molecule has 1 aromatic carbocycles. The molecule has 0 amide bonds. The van der Waals surface area contributed by atoms with E-state index in [0.29, 0.717) is 10.8 Å². The Kier molecular flexibility index (Phi) is 2.44. The fourth-order valence-electron chi connectivity index (χ4n) is 3.30. The lowest BCUT2D eigenvalue weighted by molar-refractivity contribution is 0.888. The van der Waals surface area contributed by atoms with E-state index >= 15 is 0 Å². The molecule has 5 rings (SSSR count). The Bertz CT molecular complexity index is 1150. The Morgan fingerprint density at radius 2 is 2.00 bits per heavy atom. The van der Waals surface area contributed by atoms with Gasteiger partial charge in [0.2, 0.25) is 0 Å². The third-order valence-electron chi connectivity index (χ3n) is 4.30. The van der Waals surface area contributed by atoms with Crippen molar-refractivity contribution in [2.45, 2.75) is 19.3 Å². The lowest BCUT2D eigenvalue weighted by Crippen LogP contribution is -2.18. The molecule has 4 nitrogen and oxygen atoms in total. The van der Waals surface area contributed by atoms with E-state index in [1.807, 2.05) is 24.3 Å². The molecule has 0 unspecified atom stereocenters. The third-order valence-corrected chi connectivity index (χ3v) is 5.76. The van der Waals surface area contributed by atoms with Crippen molar-refractivity contribution in [2.75, 3.05) is 0 Å². The number of aromatic nitrogens is 3. The molecule has 0 bridgehead atoms. The van der Waals surface area contributed by atoms with Crippen LogP contribution in [0.1, 0.15) is 16.9 Å². The molecule has 0 saturated heterocycles. The molecule has 3 heterocycles. The molecule has 0 spiro atoms. The number of aryl methyl sites for hydroxylation is 2. The first-order valence-corrected chi connectivity index (χ1v) is 8.35. The number of hydrogen-bond acceptors (Lipinski definition) is 4. The van der Waals surface area contributed by atoms with Gasteiger partial charge >= 0.3 is 0 Å². The quantitative estimate of drug-likeness (QED) is 0.464. The standard InChI is InChI=1S/C16H10ClN3OS/c17-13-8-4-1-2-5-9(8)14-18-15-12(16(21)20(14)19-13)10-6-3-7-11(10)22-15/h1-2,4-5H,3,6-7H2. The van der Waals surface area contributed by atoms with Crippen LogP contribution in [0.5, 0.6) is 0 Å². The first-order valence-electron chi connectivity index (χ1n) is 7.15. The van der Waals surface area contributed by atoms with Gasteiger partial charge in [0.05, 0.1) is 5.39 Å². The smallest absolute Gasteiger partial charge is 0.267 e. The van der Waals surface area contributed by atoms with E-state index in [9.17, 15) is 4.79 Å². The number of benzene rings is 1. The van der Waals surface area contributed by atoms with Crippen LogP contribution in [0.15, 0.2) is 29.1 Å². The second kappa shape index (κ2) is 4.27. The lowest BCUT2D eigenvalue weighted by Gasteiger charge is -2.06. The largest absolute Gasteiger partial charge is 0.283 e. The Labute approximate surface area is 134 Å². The Morgan fingerprint density at radius 3 is 2.86 bits per heavy atom. The molecule has 22 heavy (non-hydrogen) atoms. The van der Waals surface area contributed by atoms with E-state index in [1.165, 1.54) is 9.39 Å². The predicted molar refractivity (Wildman–Crippen MR) is 89.2 cm³/mol. The zero-order valence-electron chi connectivity index (χ0n) is 11.5. The molecular weight excluding hydrogens is 318 g/mol. The molecule has 3 aromatic heterocycles. The van der Waals surface area contributed by atoms with Crippen molar-refractivity contribution in [1.29, 1.82) is 0 Å². The normalized spacial score (nSPS) is 14.2. The van der Waals surface area contributed by atoms with Gasteiger partial charge in [0, 0.05) is 15.6 Å². The molecule has 4 aromatic rings. The highest BCUT2D eigenvalue weighted by Gasteiger charge is 2.22. The summed E-state index contributed by atoms with van der Waals surface area (Å²) < 4.78 is 1.36. The maximum absolute atomic E-state index is 12.9. The van der Waals surface area contributed by atoms with Crippen molar-refractivity contribution >= 4 is 49.6 Å². The fourth-order valence-corrected chi connectivity index (χ4v) is 4.79. The van der Waals surface area contributed by atoms with Crippen LogP contribution in [-0.4, -0.2) is 14.6 Å². The second-order valence-corrected chi connectivity index (χ2v) is 6.97. The molecule has 108 valence electrons. The summed E-state index contributed by atoms with van der Waals surface area (Å²) in [5, 5.41) is 7.01.